The van der Waals surface area contributed by atoms with Gasteiger partial charge >= 0.3 is 6.61 Å². The number of benzene rings is 1. The lowest BCUT2D eigenvalue weighted by Crippen LogP contribution is -2.20. The third-order valence-electron chi connectivity index (χ3n) is 1.78. The molecule has 3 nitrogen and oxygen atoms in total. The van der Waals surface area contributed by atoms with E-state index in [0.717, 1.165) is 0 Å². The number of hydrogen-bond donors (Lipinski definition) is 2. The molecule has 0 saturated heterocycles. The van der Waals surface area contributed by atoms with Crippen LogP contribution in [0.3, 0.4) is 0 Å². The summed E-state index contributed by atoms with van der Waals surface area (Å²) in [5.41, 5.74) is 0.585. The van der Waals surface area contributed by atoms with E-state index in [4.69, 9.17) is 11.6 Å². The van der Waals surface area contributed by atoms with Gasteiger partial charge in [-0.05, 0) is 12.1 Å². The van der Waals surface area contributed by atoms with Crippen molar-refractivity contribution in [3.63, 3.8) is 0 Å². The Morgan fingerprint density at radius 1 is 1.44 bits per heavy atom. The fraction of sp³-hybridized carbons (Fsp3) is 0.400. The molecule has 0 amide bonds. The van der Waals surface area contributed by atoms with Gasteiger partial charge in [-0.2, -0.15) is 8.78 Å². The van der Waals surface area contributed by atoms with E-state index in [1.807, 2.05) is 0 Å². The van der Waals surface area contributed by atoms with Crippen LogP contribution in [0.4, 0.5) is 14.5 Å². The van der Waals surface area contributed by atoms with Crippen LogP contribution in [0.15, 0.2) is 24.3 Å². The van der Waals surface area contributed by atoms with Gasteiger partial charge in [0.1, 0.15) is 5.75 Å². The zero-order chi connectivity index (χ0) is 12.0. The maximum absolute atomic E-state index is 11.9. The Morgan fingerprint density at radius 3 is 2.81 bits per heavy atom. The molecule has 0 aliphatic heterocycles. The Balaban J connectivity index is 2.53. The minimum atomic E-state index is -2.84. The predicted octanol–water partition coefficient (Wildman–Crippen LogP) is 2.30. The van der Waals surface area contributed by atoms with Crippen LogP contribution in [0, 0.1) is 0 Å². The Morgan fingerprint density at radius 2 is 2.19 bits per heavy atom. The highest BCUT2D eigenvalue weighted by molar-refractivity contribution is 6.18. The van der Waals surface area contributed by atoms with Gasteiger partial charge in [-0.15, -0.1) is 11.6 Å². The predicted molar refractivity (Wildman–Crippen MR) is 58.3 cm³/mol. The average Bonchev–Trinajstić information content (AvgIpc) is 2.25. The number of nitrogens with one attached hydrogen (secondary N) is 1. The summed E-state index contributed by atoms with van der Waals surface area (Å²) in [6.07, 6.45) is -0.679. The van der Waals surface area contributed by atoms with Gasteiger partial charge in [0.05, 0.1) is 12.0 Å². The number of aliphatic hydroxyl groups excluding tert-OH is 1. The molecule has 0 fully saturated rings. The van der Waals surface area contributed by atoms with E-state index in [1.54, 1.807) is 12.1 Å². The van der Waals surface area contributed by atoms with Crippen LogP contribution < -0.4 is 10.1 Å². The molecule has 0 aliphatic carbocycles. The smallest absolute Gasteiger partial charge is 0.387 e. The number of halogens is 3. The van der Waals surface area contributed by atoms with Crippen molar-refractivity contribution < 1.29 is 18.6 Å². The van der Waals surface area contributed by atoms with Crippen molar-refractivity contribution in [2.75, 3.05) is 17.7 Å². The molecule has 16 heavy (non-hydrogen) atoms. The van der Waals surface area contributed by atoms with Gasteiger partial charge in [0.25, 0.3) is 0 Å². The average molecular weight is 252 g/mol. The Bertz CT molecular complexity index is 325. The molecule has 0 aromatic heterocycles. The Hall–Kier alpha value is -1.07. The molecule has 1 atom stereocenters. The van der Waals surface area contributed by atoms with E-state index in [0.29, 0.717) is 5.69 Å². The molecule has 90 valence electrons. The van der Waals surface area contributed by atoms with E-state index in [9.17, 15) is 13.9 Å². The van der Waals surface area contributed by atoms with Crippen LogP contribution in [-0.4, -0.2) is 30.2 Å². The molecule has 1 aromatic rings. The lowest BCUT2D eigenvalue weighted by atomic mass is 10.3. The zero-order valence-corrected chi connectivity index (χ0v) is 9.12. The standard InChI is InChI=1S/C10H12ClF2NO2/c11-5-8(15)6-14-7-2-1-3-9(4-7)16-10(12)13/h1-4,8,10,14-15H,5-6H2. The third kappa shape index (κ3) is 4.63. The molecule has 1 aromatic carbocycles. The maximum atomic E-state index is 11.9. The number of aliphatic hydroxyl groups is 1. The highest BCUT2D eigenvalue weighted by atomic mass is 35.5. The lowest BCUT2D eigenvalue weighted by molar-refractivity contribution is -0.0498. The second-order valence-corrected chi connectivity index (χ2v) is 3.40. The summed E-state index contributed by atoms with van der Waals surface area (Å²) in [5.74, 6) is 0.181. The van der Waals surface area contributed by atoms with Gasteiger partial charge in [0.15, 0.2) is 0 Å². The summed E-state index contributed by atoms with van der Waals surface area (Å²) in [6, 6.07) is 6.11. The third-order valence-corrected chi connectivity index (χ3v) is 2.14. The number of rotatable bonds is 6. The largest absolute Gasteiger partial charge is 0.435 e. The minimum Gasteiger partial charge on any atom is -0.435 e. The molecule has 0 saturated carbocycles. The molecular weight excluding hydrogens is 240 g/mol. The Kier molecular flexibility index (Phi) is 5.28. The number of hydrogen-bond acceptors (Lipinski definition) is 3. The molecule has 0 radical (unpaired) electrons. The first-order valence-corrected chi connectivity index (χ1v) is 5.18. The highest BCUT2D eigenvalue weighted by Gasteiger charge is 2.05. The van der Waals surface area contributed by atoms with Crippen LogP contribution in [0.2, 0.25) is 0 Å². The fourth-order valence-corrected chi connectivity index (χ4v) is 1.18. The van der Waals surface area contributed by atoms with Crippen molar-refractivity contribution in [2.45, 2.75) is 12.7 Å². The summed E-state index contributed by atoms with van der Waals surface area (Å²) in [7, 11) is 0. The molecule has 6 heteroatoms. The molecule has 0 aliphatic rings. The van der Waals surface area contributed by atoms with Gasteiger partial charge in [0, 0.05) is 18.3 Å². The quantitative estimate of drug-likeness (QED) is 0.763. The highest BCUT2D eigenvalue weighted by Crippen LogP contribution is 2.19. The molecule has 0 spiro atoms. The van der Waals surface area contributed by atoms with Crippen molar-refractivity contribution >= 4 is 17.3 Å². The van der Waals surface area contributed by atoms with Crippen LogP contribution in [0.1, 0.15) is 0 Å². The number of alkyl halides is 3. The van der Waals surface area contributed by atoms with Crippen LogP contribution in [0.25, 0.3) is 0 Å². The van der Waals surface area contributed by atoms with Crippen molar-refractivity contribution in [3.05, 3.63) is 24.3 Å². The first kappa shape index (κ1) is 13.0. The van der Waals surface area contributed by atoms with Crippen molar-refractivity contribution in [1.82, 2.24) is 0 Å². The second kappa shape index (κ2) is 6.50. The van der Waals surface area contributed by atoms with Crippen LogP contribution >= 0.6 is 11.6 Å². The second-order valence-electron chi connectivity index (χ2n) is 3.10. The van der Waals surface area contributed by atoms with Crippen LogP contribution in [-0.2, 0) is 0 Å². The maximum Gasteiger partial charge on any atom is 0.387 e. The molecule has 1 rings (SSSR count). The summed E-state index contributed by atoms with van der Waals surface area (Å²) >= 11 is 5.40. The van der Waals surface area contributed by atoms with Crippen molar-refractivity contribution in [2.24, 2.45) is 0 Å². The van der Waals surface area contributed by atoms with Gasteiger partial charge in [-0.1, -0.05) is 6.07 Å². The van der Waals surface area contributed by atoms with Gasteiger partial charge in [0.2, 0.25) is 0 Å². The lowest BCUT2D eigenvalue weighted by Gasteiger charge is -2.11. The number of ether oxygens (including phenoxy) is 1. The minimum absolute atomic E-state index is 0.0698. The SMILES string of the molecule is OC(CCl)CNc1cccc(OC(F)F)c1. The summed E-state index contributed by atoms with van der Waals surface area (Å²) in [4.78, 5) is 0. The molecular formula is C10H12ClF2NO2. The first-order valence-electron chi connectivity index (χ1n) is 4.64. The van der Waals surface area contributed by atoms with E-state index in [-0.39, 0.29) is 18.2 Å². The van der Waals surface area contributed by atoms with Gasteiger partial charge < -0.3 is 15.2 Å². The summed E-state index contributed by atoms with van der Waals surface area (Å²) in [6.45, 7) is -2.59. The molecule has 0 bridgehead atoms. The summed E-state index contributed by atoms with van der Waals surface area (Å²) < 4.78 is 28.1. The van der Waals surface area contributed by atoms with Crippen molar-refractivity contribution in [1.29, 1.82) is 0 Å². The van der Waals surface area contributed by atoms with E-state index in [1.165, 1.54) is 12.1 Å². The molecule has 0 heterocycles. The van der Waals surface area contributed by atoms with E-state index >= 15 is 0 Å². The molecule has 2 N–H and O–H groups in total. The van der Waals surface area contributed by atoms with Crippen LogP contribution in [0.5, 0.6) is 5.75 Å². The zero-order valence-electron chi connectivity index (χ0n) is 8.37. The summed E-state index contributed by atoms with van der Waals surface area (Å²) in [5, 5.41) is 12.0. The molecule has 1 unspecified atom stereocenters. The fourth-order valence-electron chi connectivity index (χ4n) is 1.07. The van der Waals surface area contributed by atoms with E-state index in [2.05, 4.69) is 10.1 Å². The van der Waals surface area contributed by atoms with Gasteiger partial charge in [-0.3, -0.25) is 0 Å². The van der Waals surface area contributed by atoms with Crippen molar-refractivity contribution in [3.8, 4) is 5.75 Å². The first-order chi connectivity index (χ1) is 7.61. The monoisotopic (exact) mass is 251 g/mol. The van der Waals surface area contributed by atoms with Gasteiger partial charge in [-0.25, -0.2) is 0 Å². The number of anilines is 1. The Labute approximate surface area is 97.0 Å². The topological polar surface area (TPSA) is 41.5 Å². The van der Waals surface area contributed by atoms with E-state index < -0.39 is 12.7 Å². The normalized spacial score (nSPS) is 12.6.